The summed E-state index contributed by atoms with van der Waals surface area (Å²) in [5.41, 5.74) is 2.63. The van der Waals surface area contributed by atoms with Crippen LogP contribution in [0.3, 0.4) is 0 Å². The summed E-state index contributed by atoms with van der Waals surface area (Å²) in [4.78, 5) is 26.2. The Balaban J connectivity index is 1.61. The number of carbonyl (C=O) groups excluding carboxylic acids is 2. The summed E-state index contributed by atoms with van der Waals surface area (Å²) in [6, 6.07) is 27.0. The van der Waals surface area contributed by atoms with Crippen LogP contribution >= 0.6 is 11.6 Å². The Labute approximate surface area is 196 Å². The Morgan fingerprint density at radius 2 is 1.58 bits per heavy atom. The molecule has 4 aromatic rings. The lowest BCUT2D eigenvalue weighted by atomic mass is 10.0. The second-order valence-electron chi connectivity index (χ2n) is 7.21. The lowest BCUT2D eigenvalue weighted by Crippen LogP contribution is -2.25. The number of nitrogens with one attached hydrogen (secondary N) is 2. The van der Waals surface area contributed by atoms with Crippen molar-refractivity contribution >= 4 is 40.8 Å². The molecule has 1 aromatic heterocycles. The van der Waals surface area contributed by atoms with Gasteiger partial charge in [-0.05, 0) is 47.5 Å². The molecule has 2 amide bonds. The number of carbonyl (C=O) groups is 2. The Morgan fingerprint density at radius 1 is 0.848 bits per heavy atom. The number of hydrogen-bond acceptors (Lipinski definition) is 3. The molecule has 0 atom stereocenters. The fraction of sp³-hybridized carbons (Fsp3) is 0.0370. The quantitative estimate of drug-likeness (QED) is 0.263. The molecule has 3 aromatic carbocycles. The second kappa shape index (κ2) is 10.5. The van der Waals surface area contributed by atoms with Crippen molar-refractivity contribution in [3.05, 3.63) is 125 Å². The Kier molecular flexibility index (Phi) is 7.03. The highest BCUT2D eigenvalue weighted by molar-refractivity contribution is 6.34. The average molecular weight is 457 g/mol. The zero-order valence-electron chi connectivity index (χ0n) is 17.6. The Bertz CT molecular complexity index is 1280. The normalized spacial score (nSPS) is 11.1. The molecule has 0 saturated heterocycles. The first-order valence-electron chi connectivity index (χ1n) is 10.3. The standard InChI is InChI=1S/C27H21ClN2O3/c28-24-14-6-4-11-20(24)17-23(19-9-2-1-3-10-19)27(32)30-25-15-7-5-13-22(25)26(31)29-18-21-12-8-16-33-21/h1-17H,18H2,(H,29,31)(H,30,32)/b23-17+. The van der Waals surface area contributed by atoms with E-state index in [4.69, 9.17) is 16.0 Å². The summed E-state index contributed by atoms with van der Waals surface area (Å²) in [7, 11) is 0. The van der Waals surface area contributed by atoms with Crippen LogP contribution in [-0.2, 0) is 11.3 Å². The maximum absolute atomic E-state index is 13.4. The molecule has 0 aliphatic rings. The number of anilines is 1. The zero-order chi connectivity index (χ0) is 23.0. The minimum absolute atomic E-state index is 0.246. The summed E-state index contributed by atoms with van der Waals surface area (Å²) in [5.74, 6) is -0.0371. The largest absolute Gasteiger partial charge is 0.467 e. The number of amides is 2. The van der Waals surface area contributed by atoms with Crippen LogP contribution in [0, 0.1) is 0 Å². The van der Waals surface area contributed by atoms with E-state index in [1.807, 2.05) is 48.5 Å². The van der Waals surface area contributed by atoms with Crippen LogP contribution in [0.2, 0.25) is 5.02 Å². The van der Waals surface area contributed by atoms with Gasteiger partial charge in [-0.3, -0.25) is 9.59 Å². The van der Waals surface area contributed by atoms with Crippen LogP contribution in [0.15, 0.2) is 102 Å². The van der Waals surface area contributed by atoms with Crippen molar-refractivity contribution in [2.24, 2.45) is 0 Å². The van der Waals surface area contributed by atoms with Crippen molar-refractivity contribution in [3.8, 4) is 0 Å². The highest BCUT2D eigenvalue weighted by Crippen LogP contribution is 2.25. The van der Waals surface area contributed by atoms with E-state index in [2.05, 4.69) is 10.6 Å². The van der Waals surface area contributed by atoms with Crippen molar-refractivity contribution in [1.29, 1.82) is 0 Å². The van der Waals surface area contributed by atoms with E-state index in [0.29, 0.717) is 27.6 Å². The van der Waals surface area contributed by atoms with E-state index in [-0.39, 0.29) is 18.4 Å². The first-order chi connectivity index (χ1) is 16.1. The van der Waals surface area contributed by atoms with Crippen LogP contribution in [-0.4, -0.2) is 11.8 Å². The summed E-state index contributed by atoms with van der Waals surface area (Å²) in [6.07, 6.45) is 3.29. The molecule has 164 valence electrons. The van der Waals surface area contributed by atoms with Crippen molar-refractivity contribution in [2.45, 2.75) is 6.54 Å². The lowest BCUT2D eigenvalue weighted by molar-refractivity contribution is -0.111. The number of para-hydroxylation sites is 1. The number of furan rings is 1. The SMILES string of the molecule is O=C(Nc1ccccc1C(=O)NCc1ccco1)/C(=C/c1ccccc1Cl)c1ccccc1. The predicted molar refractivity (Wildman–Crippen MR) is 131 cm³/mol. The van der Waals surface area contributed by atoms with Gasteiger partial charge in [-0.25, -0.2) is 0 Å². The summed E-state index contributed by atoms with van der Waals surface area (Å²) >= 11 is 6.33. The third kappa shape index (κ3) is 5.59. The van der Waals surface area contributed by atoms with Gasteiger partial charge in [0.15, 0.2) is 0 Å². The van der Waals surface area contributed by atoms with E-state index in [1.165, 1.54) is 0 Å². The monoisotopic (exact) mass is 456 g/mol. The van der Waals surface area contributed by atoms with E-state index >= 15 is 0 Å². The van der Waals surface area contributed by atoms with Gasteiger partial charge >= 0.3 is 0 Å². The lowest BCUT2D eigenvalue weighted by Gasteiger charge is -2.13. The number of halogens is 1. The summed E-state index contributed by atoms with van der Waals surface area (Å²) in [6.45, 7) is 0.246. The van der Waals surface area contributed by atoms with Gasteiger partial charge in [0.05, 0.1) is 24.1 Å². The first-order valence-corrected chi connectivity index (χ1v) is 10.7. The molecular formula is C27H21ClN2O3. The van der Waals surface area contributed by atoms with E-state index in [9.17, 15) is 9.59 Å². The number of rotatable bonds is 7. The predicted octanol–water partition coefficient (Wildman–Crippen LogP) is 6.04. The van der Waals surface area contributed by atoms with Crippen molar-refractivity contribution in [2.75, 3.05) is 5.32 Å². The molecule has 0 aliphatic heterocycles. The average Bonchev–Trinajstić information content (AvgIpc) is 3.36. The van der Waals surface area contributed by atoms with Crippen LogP contribution in [0.1, 0.15) is 27.2 Å². The maximum Gasteiger partial charge on any atom is 0.256 e. The van der Waals surface area contributed by atoms with Crippen molar-refractivity contribution in [1.82, 2.24) is 5.32 Å². The molecule has 0 bridgehead atoms. The first kappa shape index (κ1) is 22.1. The molecule has 0 radical (unpaired) electrons. The van der Waals surface area contributed by atoms with Gasteiger partial charge in [0.25, 0.3) is 11.8 Å². The minimum atomic E-state index is -0.354. The molecule has 0 fully saturated rings. The van der Waals surface area contributed by atoms with Gasteiger partial charge in [0.1, 0.15) is 5.76 Å². The van der Waals surface area contributed by atoms with E-state index < -0.39 is 0 Å². The van der Waals surface area contributed by atoms with Crippen LogP contribution < -0.4 is 10.6 Å². The van der Waals surface area contributed by atoms with Gasteiger partial charge in [-0.15, -0.1) is 0 Å². The molecule has 0 unspecified atom stereocenters. The third-order valence-electron chi connectivity index (χ3n) is 4.96. The van der Waals surface area contributed by atoms with E-state index in [0.717, 1.165) is 11.1 Å². The maximum atomic E-state index is 13.4. The zero-order valence-corrected chi connectivity index (χ0v) is 18.4. The topological polar surface area (TPSA) is 71.3 Å². The molecule has 33 heavy (non-hydrogen) atoms. The highest BCUT2D eigenvalue weighted by atomic mass is 35.5. The van der Waals surface area contributed by atoms with Gasteiger partial charge in [-0.2, -0.15) is 0 Å². The Morgan fingerprint density at radius 3 is 2.33 bits per heavy atom. The summed E-state index contributed by atoms with van der Waals surface area (Å²) < 4.78 is 5.26. The fourth-order valence-electron chi connectivity index (χ4n) is 3.30. The van der Waals surface area contributed by atoms with Gasteiger partial charge < -0.3 is 15.1 Å². The number of hydrogen-bond donors (Lipinski definition) is 2. The Hall–Kier alpha value is -4.09. The molecule has 0 aliphatic carbocycles. The van der Waals surface area contributed by atoms with Crippen LogP contribution in [0.25, 0.3) is 11.6 Å². The van der Waals surface area contributed by atoms with Crippen LogP contribution in [0.5, 0.6) is 0 Å². The molecular weight excluding hydrogens is 436 g/mol. The molecule has 5 nitrogen and oxygen atoms in total. The minimum Gasteiger partial charge on any atom is -0.467 e. The van der Waals surface area contributed by atoms with Gasteiger partial charge in [-0.1, -0.05) is 72.3 Å². The third-order valence-corrected chi connectivity index (χ3v) is 5.30. The highest BCUT2D eigenvalue weighted by Gasteiger charge is 2.17. The second-order valence-corrected chi connectivity index (χ2v) is 7.61. The molecule has 2 N–H and O–H groups in total. The molecule has 0 spiro atoms. The molecule has 0 saturated carbocycles. The molecule has 6 heteroatoms. The molecule has 4 rings (SSSR count). The van der Waals surface area contributed by atoms with E-state index in [1.54, 1.807) is 54.8 Å². The van der Waals surface area contributed by atoms with Gasteiger partial charge in [0.2, 0.25) is 0 Å². The smallest absolute Gasteiger partial charge is 0.256 e. The van der Waals surface area contributed by atoms with Gasteiger partial charge in [0, 0.05) is 10.6 Å². The molecule has 1 heterocycles. The van der Waals surface area contributed by atoms with Crippen molar-refractivity contribution in [3.63, 3.8) is 0 Å². The summed E-state index contributed by atoms with van der Waals surface area (Å²) in [5, 5.41) is 6.23. The van der Waals surface area contributed by atoms with Crippen LogP contribution in [0.4, 0.5) is 5.69 Å². The van der Waals surface area contributed by atoms with Crippen molar-refractivity contribution < 1.29 is 14.0 Å². The fourth-order valence-corrected chi connectivity index (χ4v) is 3.49. The number of benzene rings is 3.